The molecule has 3 rings (SSSR count). The molecule has 0 bridgehead atoms. The summed E-state index contributed by atoms with van der Waals surface area (Å²) in [6.07, 6.45) is 0.830. The van der Waals surface area contributed by atoms with Crippen LogP contribution in [0, 0.1) is 0 Å². The minimum atomic E-state index is 0.0245. The van der Waals surface area contributed by atoms with Crippen LogP contribution >= 0.6 is 0 Å². The van der Waals surface area contributed by atoms with Crippen molar-refractivity contribution >= 4 is 16.6 Å². The third-order valence-corrected chi connectivity index (χ3v) is 3.56. The first-order valence-corrected chi connectivity index (χ1v) is 6.76. The average Bonchev–Trinajstić information content (AvgIpc) is 2.87. The van der Waals surface area contributed by atoms with Gasteiger partial charge in [-0.05, 0) is 23.3 Å². The van der Waals surface area contributed by atoms with Gasteiger partial charge in [-0.1, -0.05) is 49.4 Å². The molecule has 0 atom stereocenters. The van der Waals surface area contributed by atoms with Crippen molar-refractivity contribution in [2.45, 2.75) is 13.3 Å². The lowest BCUT2D eigenvalue weighted by molar-refractivity contribution is 0.103. The fraction of sp³-hybridized carbons (Fsp3) is 0.176. The number of hydrogen-bond donors (Lipinski definition) is 0. The third-order valence-electron chi connectivity index (χ3n) is 3.56. The molecule has 2 aromatic carbocycles. The number of ketones is 1. The normalized spacial score (nSPS) is 10.9. The molecular weight excluding hydrogens is 248 g/mol. The van der Waals surface area contributed by atoms with Crippen molar-refractivity contribution in [3.63, 3.8) is 0 Å². The van der Waals surface area contributed by atoms with E-state index in [4.69, 9.17) is 0 Å². The number of fused-ring (bicyclic) bond motifs is 1. The number of hydrogen-bond acceptors (Lipinski definition) is 2. The average molecular weight is 264 g/mol. The van der Waals surface area contributed by atoms with Crippen LogP contribution in [-0.4, -0.2) is 15.6 Å². The fourth-order valence-corrected chi connectivity index (χ4v) is 2.47. The molecule has 0 spiro atoms. The van der Waals surface area contributed by atoms with Gasteiger partial charge in [0.15, 0.2) is 0 Å². The van der Waals surface area contributed by atoms with Crippen LogP contribution in [0.1, 0.15) is 28.7 Å². The highest BCUT2D eigenvalue weighted by molar-refractivity contribution is 6.15. The maximum absolute atomic E-state index is 12.7. The number of carbonyl (C=O) groups excluding carboxylic acids is 1. The lowest BCUT2D eigenvalue weighted by Gasteiger charge is -2.05. The van der Waals surface area contributed by atoms with Gasteiger partial charge >= 0.3 is 0 Å². The van der Waals surface area contributed by atoms with Crippen LogP contribution in [0.3, 0.4) is 0 Å². The van der Waals surface area contributed by atoms with E-state index >= 15 is 0 Å². The molecule has 0 aliphatic carbocycles. The van der Waals surface area contributed by atoms with Crippen LogP contribution in [0.2, 0.25) is 0 Å². The minimum absolute atomic E-state index is 0.0245. The van der Waals surface area contributed by atoms with E-state index in [1.807, 2.05) is 62.5 Å². The number of rotatable bonds is 3. The maximum atomic E-state index is 12.7. The Labute approximate surface area is 117 Å². The molecule has 0 fully saturated rings. The maximum Gasteiger partial charge on any atom is 0.211 e. The van der Waals surface area contributed by atoms with Gasteiger partial charge in [-0.2, -0.15) is 5.10 Å². The zero-order valence-electron chi connectivity index (χ0n) is 11.6. The molecule has 100 valence electrons. The van der Waals surface area contributed by atoms with Gasteiger partial charge in [0, 0.05) is 12.6 Å². The van der Waals surface area contributed by atoms with E-state index in [2.05, 4.69) is 5.10 Å². The van der Waals surface area contributed by atoms with Crippen molar-refractivity contribution in [2.24, 2.45) is 7.05 Å². The standard InChI is InChI=1S/C17H16N2O/c1-3-13-11-16(19(2)18-13)17(20)15-10-6-8-12-7-4-5-9-14(12)15/h4-11H,3H2,1-2H3. The summed E-state index contributed by atoms with van der Waals surface area (Å²) in [5.41, 5.74) is 2.31. The third kappa shape index (κ3) is 2.01. The van der Waals surface area contributed by atoms with E-state index in [-0.39, 0.29) is 5.78 Å². The number of aromatic nitrogens is 2. The summed E-state index contributed by atoms with van der Waals surface area (Å²) in [6, 6.07) is 15.6. The topological polar surface area (TPSA) is 34.9 Å². The summed E-state index contributed by atoms with van der Waals surface area (Å²) in [7, 11) is 1.82. The number of nitrogens with zero attached hydrogens (tertiary/aromatic N) is 2. The lowest BCUT2D eigenvalue weighted by atomic mass is 10.00. The first-order valence-electron chi connectivity index (χ1n) is 6.76. The summed E-state index contributed by atoms with van der Waals surface area (Å²) < 4.78 is 1.67. The van der Waals surface area contributed by atoms with Gasteiger partial charge in [-0.25, -0.2) is 0 Å². The van der Waals surface area contributed by atoms with E-state index < -0.39 is 0 Å². The van der Waals surface area contributed by atoms with Crippen molar-refractivity contribution in [3.8, 4) is 0 Å². The summed E-state index contributed by atoms with van der Waals surface area (Å²) in [4.78, 5) is 12.7. The Morgan fingerprint density at radius 3 is 2.65 bits per heavy atom. The van der Waals surface area contributed by atoms with Crippen LogP contribution in [-0.2, 0) is 13.5 Å². The second-order valence-corrected chi connectivity index (χ2v) is 4.85. The lowest BCUT2D eigenvalue weighted by Crippen LogP contribution is -2.08. The Bertz CT molecular complexity index is 781. The number of benzene rings is 2. The first kappa shape index (κ1) is 12.6. The molecule has 0 saturated heterocycles. The van der Waals surface area contributed by atoms with Crippen LogP contribution in [0.4, 0.5) is 0 Å². The van der Waals surface area contributed by atoms with Crippen molar-refractivity contribution in [1.82, 2.24) is 9.78 Å². The van der Waals surface area contributed by atoms with E-state index in [1.165, 1.54) is 0 Å². The van der Waals surface area contributed by atoms with E-state index in [9.17, 15) is 4.79 Å². The largest absolute Gasteiger partial charge is 0.287 e. The van der Waals surface area contributed by atoms with Gasteiger partial charge in [0.25, 0.3) is 0 Å². The Hall–Kier alpha value is -2.42. The van der Waals surface area contributed by atoms with Crippen LogP contribution in [0.25, 0.3) is 10.8 Å². The molecule has 1 heterocycles. The number of aryl methyl sites for hydroxylation is 2. The Morgan fingerprint density at radius 1 is 1.15 bits per heavy atom. The molecule has 0 amide bonds. The van der Waals surface area contributed by atoms with Crippen molar-refractivity contribution in [3.05, 3.63) is 65.5 Å². The molecule has 3 aromatic rings. The number of carbonyl (C=O) groups is 1. The monoisotopic (exact) mass is 264 g/mol. The molecule has 0 unspecified atom stereocenters. The van der Waals surface area contributed by atoms with Gasteiger partial charge in [0.1, 0.15) is 5.69 Å². The summed E-state index contributed by atoms with van der Waals surface area (Å²) in [5.74, 6) is 0.0245. The SMILES string of the molecule is CCc1cc(C(=O)c2cccc3ccccc23)n(C)n1. The molecule has 0 N–H and O–H groups in total. The summed E-state index contributed by atoms with van der Waals surface area (Å²) >= 11 is 0. The quantitative estimate of drug-likeness (QED) is 0.680. The van der Waals surface area contributed by atoms with Gasteiger partial charge in [0.2, 0.25) is 5.78 Å². The highest BCUT2D eigenvalue weighted by atomic mass is 16.1. The first-order chi connectivity index (χ1) is 9.70. The summed E-state index contributed by atoms with van der Waals surface area (Å²) in [5, 5.41) is 6.42. The Balaban J connectivity index is 2.15. The fourth-order valence-electron chi connectivity index (χ4n) is 2.47. The highest BCUT2D eigenvalue weighted by Gasteiger charge is 2.16. The van der Waals surface area contributed by atoms with Gasteiger partial charge in [-0.15, -0.1) is 0 Å². The van der Waals surface area contributed by atoms with Gasteiger partial charge in [0.05, 0.1) is 5.69 Å². The van der Waals surface area contributed by atoms with Gasteiger partial charge in [-0.3, -0.25) is 9.48 Å². The predicted octanol–water partition coefficient (Wildman–Crippen LogP) is 3.37. The minimum Gasteiger partial charge on any atom is -0.287 e. The van der Waals surface area contributed by atoms with Crippen LogP contribution in [0.5, 0.6) is 0 Å². The van der Waals surface area contributed by atoms with E-state index in [0.29, 0.717) is 5.69 Å². The van der Waals surface area contributed by atoms with Crippen LogP contribution < -0.4 is 0 Å². The zero-order chi connectivity index (χ0) is 14.1. The second kappa shape index (κ2) is 4.93. The van der Waals surface area contributed by atoms with E-state index in [0.717, 1.165) is 28.5 Å². The molecule has 3 nitrogen and oxygen atoms in total. The molecule has 1 aromatic heterocycles. The molecule has 0 aliphatic heterocycles. The predicted molar refractivity (Wildman–Crippen MR) is 80.0 cm³/mol. The van der Waals surface area contributed by atoms with Crippen molar-refractivity contribution in [1.29, 1.82) is 0 Å². The van der Waals surface area contributed by atoms with Gasteiger partial charge < -0.3 is 0 Å². The molecular formula is C17H16N2O. The summed E-state index contributed by atoms with van der Waals surface area (Å²) in [6.45, 7) is 2.04. The molecule has 0 saturated carbocycles. The molecule has 3 heteroatoms. The zero-order valence-corrected chi connectivity index (χ0v) is 11.6. The Kier molecular flexibility index (Phi) is 3.11. The molecule has 20 heavy (non-hydrogen) atoms. The van der Waals surface area contributed by atoms with Crippen LogP contribution in [0.15, 0.2) is 48.5 Å². The van der Waals surface area contributed by atoms with E-state index in [1.54, 1.807) is 4.68 Å². The molecule has 0 radical (unpaired) electrons. The Morgan fingerprint density at radius 2 is 1.90 bits per heavy atom. The van der Waals surface area contributed by atoms with Crippen molar-refractivity contribution < 1.29 is 4.79 Å². The second-order valence-electron chi connectivity index (χ2n) is 4.85. The van der Waals surface area contributed by atoms with Crippen molar-refractivity contribution in [2.75, 3.05) is 0 Å². The molecule has 0 aliphatic rings. The highest BCUT2D eigenvalue weighted by Crippen LogP contribution is 2.21. The smallest absolute Gasteiger partial charge is 0.211 e.